The summed E-state index contributed by atoms with van der Waals surface area (Å²) < 4.78 is 0. The molecule has 0 saturated heterocycles. The number of hydrogen-bond donors (Lipinski definition) is 2. The molecule has 0 aromatic carbocycles. The summed E-state index contributed by atoms with van der Waals surface area (Å²) in [6.45, 7) is 7.72. The Kier molecular flexibility index (Phi) is 4.10. The molecule has 0 aliphatic heterocycles. The standard InChI is InChI=1S/C11H18ClN3O/c1-5-8-14-9(12)7(2)10(15-8)13-6-11(3,4)16/h16H,5-6H2,1-4H3,(H,13,14,15). The second-order valence-corrected chi connectivity index (χ2v) is 4.78. The highest BCUT2D eigenvalue weighted by atomic mass is 35.5. The fraction of sp³-hybridized carbons (Fsp3) is 0.636. The second kappa shape index (κ2) is 4.97. The number of hydrogen-bond acceptors (Lipinski definition) is 4. The first-order valence-electron chi connectivity index (χ1n) is 5.32. The molecule has 0 unspecified atom stereocenters. The highest BCUT2D eigenvalue weighted by Crippen LogP contribution is 2.20. The van der Waals surface area contributed by atoms with Gasteiger partial charge >= 0.3 is 0 Å². The van der Waals surface area contributed by atoms with E-state index in [0.717, 1.165) is 12.0 Å². The Hall–Kier alpha value is -0.870. The summed E-state index contributed by atoms with van der Waals surface area (Å²) in [5, 5.41) is 13.2. The van der Waals surface area contributed by atoms with Gasteiger partial charge in [0, 0.05) is 18.5 Å². The van der Waals surface area contributed by atoms with Crippen molar-refractivity contribution in [1.82, 2.24) is 9.97 Å². The molecule has 1 heterocycles. The molecule has 0 amide bonds. The molecule has 0 aliphatic carbocycles. The van der Waals surface area contributed by atoms with Gasteiger partial charge in [0.05, 0.1) is 5.60 Å². The Morgan fingerprint density at radius 2 is 2.00 bits per heavy atom. The zero-order valence-corrected chi connectivity index (χ0v) is 10.9. The third kappa shape index (κ3) is 3.61. The van der Waals surface area contributed by atoms with Crippen molar-refractivity contribution >= 4 is 17.4 Å². The van der Waals surface area contributed by atoms with E-state index in [1.807, 2.05) is 13.8 Å². The van der Waals surface area contributed by atoms with Gasteiger partial charge in [-0.2, -0.15) is 0 Å². The van der Waals surface area contributed by atoms with Crippen LogP contribution in [0.4, 0.5) is 5.82 Å². The largest absolute Gasteiger partial charge is 0.389 e. The van der Waals surface area contributed by atoms with Crippen molar-refractivity contribution in [3.8, 4) is 0 Å². The van der Waals surface area contributed by atoms with Gasteiger partial charge in [-0.1, -0.05) is 18.5 Å². The Bertz CT molecular complexity index is 374. The normalized spacial score (nSPS) is 11.6. The van der Waals surface area contributed by atoms with Crippen molar-refractivity contribution in [2.24, 2.45) is 0 Å². The molecular formula is C11H18ClN3O. The Morgan fingerprint density at radius 1 is 1.38 bits per heavy atom. The van der Waals surface area contributed by atoms with E-state index in [1.54, 1.807) is 13.8 Å². The molecule has 1 aromatic heterocycles. The molecule has 5 heteroatoms. The van der Waals surface area contributed by atoms with Crippen LogP contribution >= 0.6 is 11.6 Å². The monoisotopic (exact) mass is 243 g/mol. The lowest BCUT2D eigenvalue weighted by molar-refractivity contribution is 0.0944. The number of nitrogens with one attached hydrogen (secondary N) is 1. The van der Waals surface area contributed by atoms with Crippen LogP contribution in [0.2, 0.25) is 5.15 Å². The van der Waals surface area contributed by atoms with Crippen molar-refractivity contribution in [2.45, 2.75) is 39.7 Å². The lowest BCUT2D eigenvalue weighted by Crippen LogP contribution is -2.30. The quantitative estimate of drug-likeness (QED) is 0.796. The highest BCUT2D eigenvalue weighted by molar-refractivity contribution is 6.30. The average molecular weight is 244 g/mol. The van der Waals surface area contributed by atoms with E-state index < -0.39 is 5.60 Å². The molecule has 0 radical (unpaired) electrons. The summed E-state index contributed by atoms with van der Waals surface area (Å²) in [6, 6.07) is 0. The van der Waals surface area contributed by atoms with Crippen LogP contribution in [-0.2, 0) is 6.42 Å². The second-order valence-electron chi connectivity index (χ2n) is 4.42. The molecule has 0 bridgehead atoms. The van der Waals surface area contributed by atoms with Crippen LogP contribution in [0.25, 0.3) is 0 Å². The number of aromatic nitrogens is 2. The first-order valence-corrected chi connectivity index (χ1v) is 5.70. The average Bonchev–Trinajstić information content (AvgIpc) is 2.18. The zero-order chi connectivity index (χ0) is 12.3. The Balaban J connectivity index is 2.90. The third-order valence-corrected chi connectivity index (χ3v) is 2.51. The topological polar surface area (TPSA) is 58.0 Å². The molecule has 0 saturated carbocycles. The third-order valence-electron chi connectivity index (χ3n) is 2.14. The van der Waals surface area contributed by atoms with Crippen molar-refractivity contribution in [3.63, 3.8) is 0 Å². The number of aliphatic hydroxyl groups is 1. The fourth-order valence-corrected chi connectivity index (χ4v) is 1.35. The first kappa shape index (κ1) is 13.2. The van der Waals surface area contributed by atoms with Crippen molar-refractivity contribution in [1.29, 1.82) is 0 Å². The molecular weight excluding hydrogens is 226 g/mol. The van der Waals surface area contributed by atoms with Gasteiger partial charge in [-0.15, -0.1) is 0 Å². The number of nitrogens with zero attached hydrogens (tertiary/aromatic N) is 2. The molecule has 2 N–H and O–H groups in total. The van der Waals surface area contributed by atoms with Crippen LogP contribution in [0.1, 0.15) is 32.2 Å². The molecule has 0 aliphatic rings. The van der Waals surface area contributed by atoms with Gasteiger partial charge in [-0.05, 0) is 20.8 Å². The summed E-state index contributed by atoms with van der Waals surface area (Å²) in [5.41, 5.74) is 0.0269. The maximum absolute atomic E-state index is 9.63. The van der Waals surface area contributed by atoms with Crippen LogP contribution in [0.3, 0.4) is 0 Å². The predicted molar refractivity (Wildman–Crippen MR) is 65.9 cm³/mol. The minimum absolute atomic E-state index is 0.421. The van der Waals surface area contributed by atoms with Crippen molar-refractivity contribution < 1.29 is 5.11 Å². The van der Waals surface area contributed by atoms with E-state index >= 15 is 0 Å². The number of rotatable bonds is 4. The van der Waals surface area contributed by atoms with Gasteiger partial charge in [0.15, 0.2) is 0 Å². The smallest absolute Gasteiger partial charge is 0.137 e. The van der Waals surface area contributed by atoms with Crippen molar-refractivity contribution in [3.05, 3.63) is 16.5 Å². The molecule has 1 aromatic rings. The number of halogens is 1. The minimum Gasteiger partial charge on any atom is -0.389 e. The summed E-state index contributed by atoms with van der Waals surface area (Å²) in [6.07, 6.45) is 0.733. The van der Waals surface area contributed by atoms with Gasteiger partial charge < -0.3 is 10.4 Å². The van der Waals surface area contributed by atoms with E-state index in [2.05, 4.69) is 15.3 Å². The SMILES string of the molecule is CCc1nc(Cl)c(C)c(NCC(C)(C)O)n1. The van der Waals surface area contributed by atoms with Gasteiger partial charge in [0.2, 0.25) is 0 Å². The van der Waals surface area contributed by atoms with Crippen molar-refractivity contribution in [2.75, 3.05) is 11.9 Å². The summed E-state index contributed by atoms with van der Waals surface area (Å²) in [7, 11) is 0. The number of anilines is 1. The Morgan fingerprint density at radius 3 is 2.50 bits per heavy atom. The fourth-order valence-electron chi connectivity index (χ4n) is 1.16. The van der Waals surface area contributed by atoms with Gasteiger partial charge in [0.1, 0.15) is 16.8 Å². The molecule has 90 valence electrons. The summed E-state index contributed by atoms with van der Waals surface area (Å²) >= 11 is 5.99. The van der Waals surface area contributed by atoms with E-state index in [9.17, 15) is 5.11 Å². The molecule has 16 heavy (non-hydrogen) atoms. The molecule has 4 nitrogen and oxygen atoms in total. The maximum atomic E-state index is 9.63. The van der Waals surface area contributed by atoms with E-state index in [-0.39, 0.29) is 0 Å². The lowest BCUT2D eigenvalue weighted by Gasteiger charge is -2.19. The first-order chi connectivity index (χ1) is 7.33. The van der Waals surface area contributed by atoms with Crippen LogP contribution < -0.4 is 5.32 Å². The maximum Gasteiger partial charge on any atom is 0.137 e. The summed E-state index contributed by atoms with van der Waals surface area (Å²) in [4.78, 5) is 8.49. The highest BCUT2D eigenvalue weighted by Gasteiger charge is 2.14. The summed E-state index contributed by atoms with van der Waals surface area (Å²) in [5.74, 6) is 1.40. The van der Waals surface area contributed by atoms with E-state index in [0.29, 0.717) is 23.3 Å². The zero-order valence-electron chi connectivity index (χ0n) is 10.1. The molecule has 0 spiro atoms. The Labute approximate surface area is 101 Å². The molecule has 1 rings (SSSR count). The minimum atomic E-state index is -0.782. The van der Waals surface area contributed by atoms with Crippen LogP contribution in [0.5, 0.6) is 0 Å². The molecule has 0 fully saturated rings. The lowest BCUT2D eigenvalue weighted by atomic mass is 10.1. The van der Waals surface area contributed by atoms with Gasteiger partial charge in [-0.3, -0.25) is 0 Å². The van der Waals surface area contributed by atoms with Crippen LogP contribution in [0, 0.1) is 6.92 Å². The van der Waals surface area contributed by atoms with Crippen LogP contribution in [-0.4, -0.2) is 27.2 Å². The van der Waals surface area contributed by atoms with Gasteiger partial charge in [-0.25, -0.2) is 9.97 Å². The molecule has 0 atom stereocenters. The van der Waals surface area contributed by atoms with Gasteiger partial charge in [0.25, 0.3) is 0 Å². The van der Waals surface area contributed by atoms with Crippen LogP contribution in [0.15, 0.2) is 0 Å². The predicted octanol–water partition coefficient (Wildman–Crippen LogP) is 2.18. The van der Waals surface area contributed by atoms with E-state index in [1.165, 1.54) is 0 Å². The number of aryl methyl sites for hydroxylation is 1. The van der Waals surface area contributed by atoms with E-state index in [4.69, 9.17) is 11.6 Å².